The van der Waals surface area contributed by atoms with Crippen LogP contribution in [-0.4, -0.2) is 21.5 Å². The van der Waals surface area contributed by atoms with E-state index in [4.69, 9.17) is 4.74 Å². The molecule has 0 bridgehead atoms. The lowest BCUT2D eigenvalue weighted by Gasteiger charge is -2.19. The number of esters is 1. The molecule has 2 rings (SSSR count). The first-order valence-electron chi connectivity index (χ1n) is 5.40. The molecule has 88 valence electrons. The monoisotopic (exact) mass is 230 g/mol. The Hall–Kier alpha value is -1.97. The van der Waals surface area contributed by atoms with E-state index in [2.05, 4.69) is 9.97 Å². The molecule has 0 saturated carbocycles. The number of hydrogen-bond donors (Lipinski definition) is 0. The molecule has 0 spiro atoms. The van der Waals surface area contributed by atoms with Crippen LogP contribution in [0.1, 0.15) is 31.1 Å². The fourth-order valence-corrected chi connectivity index (χ4v) is 1.48. The molecule has 0 atom stereocenters. The van der Waals surface area contributed by atoms with Crippen LogP contribution in [0.3, 0.4) is 0 Å². The number of fused-ring (bicyclic) bond motifs is 1. The molecular weight excluding hydrogens is 216 g/mol. The number of pyridine rings is 2. The van der Waals surface area contributed by atoms with E-state index in [1.807, 2.05) is 26.8 Å². The van der Waals surface area contributed by atoms with Crippen LogP contribution in [0.5, 0.6) is 0 Å². The van der Waals surface area contributed by atoms with Gasteiger partial charge in [-0.05, 0) is 39.0 Å². The lowest BCUT2D eigenvalue weighted by molar-refractivity contribution is 0.00715. The molecule has 4 heteroatoms. The van der Waals surface area contributed by atoms with Gasteiger partial charge in [0.2, 0.25) is 0 Å². The highest BCUT2D eigenvalue weighted by molar-refractivity contribution is 6.01. The Morgan fingerprint density at radius 2 is 1.94 bits per heavy atom. The summed E-state index contributed by atoms with van der Waals surface area (Å²) < 4.78 is 5.33. The summed E-state index contributed by atoms with van der Waals surface area (Å²) in [4.78, 5) is 20.3. The number of aromatic nitrogens is 2. The number of hydrogen-bond acceptors (Lipinski definition) is 4. The topological polar surface area (TPSA) is 52.1 Å². The molecular formula is C13H14N2O2. The van der Waals surface area contributed by atoms with Gasteiger partial charge >= 0.3 is 5.97 Å². The van der Waals surface area contributed by atoms with Crippen LogP contribution in [0.4, 0.5) is 0 Å². The largest absolute Gasteiger partial charge is 0.456 e. The summed E-state index contributed by atoms with van der Waals surface area (Å²) in [5.74, 6) is -0.372. The average molecular weight is 230 g/mol. The molecule has 0 radical (unpaired) electrons. The summed E-state index contributed by atoms with van der Waals surface area (Å²) in [6, 6.07) is 5.23. The van der Waals surface area contributed by atoms with Crippen molar-refractivity contribution in [3.05, 3.63) is 36.2 Å². The van der Waals surface area contributed by atoms with Gasteiger partial charge in [0.1, 0.15) is 11.1 Å². The van der Waals surface area contributed by atoms with E-state index in [0.29, 0.717) is 16.6 Å². The molecule has 0 fully saturated rings. The maximum Gasteiger partial charge on any atom is 0.340 e. The third kappa shape index (κ3) is 2.58. The second-order valence-corrected chi connectivity index (χ2v) is 4.73. The Balaban J connectivity index is 2.45. The Bertz CT molecular complexity index is 553. The fraction of sp³-hybridized carbons (Fsp3) is 0.308. The van der Waals surface area contributed by atoms with Gasteiger partial charge in [-0.3, -0.25) is 9.97 Å². The first kappa shape index (κ1) is 11.5. The van der Waals surface area contributed by atoms with Crippen molar-refractivity contribution >= 4 is 17.0 Å². The van der Waals surface area contributed by atoms with E-state index in [9.17, 15) is 4.79 Å². The van der Waals surface area contributed by atoms with Crippen molar-refractivity contribution in [1.82, 2.24) is 9.97 Å². The smallest absolute Gasteiger partial charge is 0.340 e. The van der Waals surface area contributed by atoms with Crippen molar-refractivity contribution in [2.45, 2.75) is 26.4 Å². The number of nitrogens with zero attached hydrogens (tertiary/aromatic N) is 2. The highest BCUT2D eigenvalue weighted by Gasteiger charge is 2.20. The number of carbonyl (C=O) groups is 1. The second kappa shape index (κ2) is 4.13. The molecule has 2 aromatic heterocycles. The molecule has 0 aromatic carbocycles. The first-order chi connectivity index (χ1) is 7.97. The van der Waals surface area contributed by atoms with Crippen molar-refractivity contribution in [1.29, 1.82) is 0 Å². The molecule has 0 amide bonds. The van der Waals surface area contributed by atoms with Gasteiger partial charge in [0.05, 0.1) is 11.1 Å². The second-order valence-electron chi connectivity index (χ2n) is 4.73. The third-order valence-electron chi connectivity index (χ3n) is 2.12. The Morgan fingerprint density at radius 1 is 1.18 bits per heavy atom. The van der Waals surface area contributed by atoms with Crippen LogP contribution in [0.15, 0.2) is 30.6 Å². The van der Waals surface area contributed by atoms with Gasteiger partial charge in [0.15, 0.2) is 0 Å². The lowest BCUT2D eigenvalue weighted by Crippen LogP contribution is -2.24. The van der Waals surface area contributed by atoms with Gasteiger partial charge in [-0.25, -0.2) is 4.79 Å². The van der Waals surface area contributed by atoms with Crippen LogP contribution in [0, 0.1) is 0 Å². The van der Waals surface area contributed by atoms with Crippen molar-refractivity contribution in [2.24, 2.45) is 0 Å². The van der Waals surface area contributed by atoms with E-state index in [-0.39, 0.29) is 5.97 Å². The summed E-state index contributed by atoms with van der Waals surface area (Å²) in [5.41, 5.74) is 1.20. The quantitative estimate of drug-likeness (QED) is 0.706. The zero-order valence-corrected chi connectivity index (χ0v) is 10.1. The molecule has 0 saturated heterocycles. The van der Waals surface area contributed by atoms with E-state index in [0.717, 1.165) is 0 Å². The Kier molecular flexibility index (Phi) is 2.79. The van der Waals surface area contributed by atoms with E-state index < -0.39 is 5.60 Å². The molecule has 0 unspecified atom stereocenters. The van der Waals surface area contributed by atoms with Crippen LogP contribution < -0.4 is 0 Å². The van der Waals surface area contributed by atoms with Crippen LogP contribution in [0.25, 0.3) is 11.0 Å². The van der Waals surface area contributed by atoms with Crippen LogP contribution in [0.2, 0.25) is 0 Å². The van der Waals surface area contributed by atoms with E-state index >= 15 is 0 Å². The molecule has 0 aliphatic carbocycles. The highest BCUT2D eigenvalue weighted by atomic mass is 16.6. The minimum atomic E-state index is -0.512. The van der Waals surface area contributed by atoms with Crippen LogP contribution in [-0.2, 0) is 4.74 Å². The summed E-state index contributed by atoms with van der Waals surface area (Å²) in [7, 11) is 0. The van der Waals surface area contributed by atoms with Gasteiger partial charge < -0.3 is 4.74 Å². The SMILES string of the molecule is CC(C)(C)OC(=O)c1ccnc2cccnc12. The van der Waals surface area contributed by atoms with Gasteiger partial charge in [-0.15, -0.1) is 0 Å². The van der Waals surface area contributed by atoms with E-state index in [1.165, 1.54) is 0 Å². The maximum atomic E-state index is 12.0. The predicted octanol–water partition coefficient (Wildman–Crippen LogP) is 2.59. The minimum Gasteiger partial charge on any atom is -0.456 e. The van der Waals surface area contributed by atoms with Gasteiger partial charge in [-0.2, -0.15) is 0 Å². The number of carbonyl (C=O) groups excluding carboxylic acids is 1. The third-order valence-corrected chi connectivity index (χ3v) is 2.12. The normalized spacial score (nSPS) is 11.5. The molecule has 4 nitrogen and oxygen atoms in total. The molecule has 0 N–H and O–H groups in total. The fourth-order valence-electron chi connectivity index (χ4n) is 1.48. The molecule has 0 aliphatic rings. The first-order valence-corrected chi connectivity index (χ1v) is 5.40. The van der Waals surface area contributed by atoms with Crippen molar-refractivity contribution in [3.63, 3.8) is 0 Å². The summed E-state index contributed by atoms with van der Waals surface area (Å²) in [6.45, 7) is 5.51. The summed E-state index contributed by atoms with van der Waals surface area (Å²) in [6.07, 6.45) is 3.22. The molecule has 2 aromatic rings. The zero-order valence-electron chi connectivity index (χ0n) is 10.1. The molecule has 0 aliphatic heterocycles. The Morgan fingerprint density at radius 3 is 2.65 bits per heavy atom. The summed E-state index contributed by atoms with van der Waals surface area (Å²) in [5, 5.41) is 0. The van der Waals surface area contributed by atoms with Gasteiger partial charge in [0.25, 0.3) is 0 Å². The maximum absolute atomic E-state index is 12.0. The minimum absolute atomic E-state index is 0.372. The van der Waals surface area contributed by atoms with Crippen molar-refractivity contribution in [3.8, 4) is 0 Å². The van der Waals surface area contributed by atoms with Crippen molar-refractivity contribution in [2.75, 3.05) is 0 Å². The van der Waals surface area contributed by atoms with E-state index in [1.54, 1.807) is 24.5 Å². The number of ether oxygens (including phenoxy) is 1. The lowest BCUT2D eigenvalue weighted by atomic mass is 10.1. The average Bonchev–Trinajstić information content (AvgIpc) is 2.26. The highest BCUT2D eigenvalue weighted by Crippen LogP contribution is 2.17. The molecule has 17 heavy (non-hydrogen) atoms. The standard InChI is InChI=1S/C13H14N2O2/c1-13(2,3)17-12(16)9-6-8-14-10-5-4-7-15-11(9)10/h4-8H,1-3H3. The summed E-state index contributed by atoms with van der Waals surface area (Å²) >= 11 is 0. The Labute approximate surface area is 99.7 Å². The van der Waals surface area contributed by atoms with Crippen molar-refractivity contribution < 1.29 is 9.53 Å². The van der Waals surface area contributed by atoms with Gasteiger partial charge in [0, 0.05) is 12.4 Å². The van der Waals surface area contributed by atoms with Gasteiger partial charge in [-0.1, -0.05) is 0 Å². The molecule has 2 heterocycles. The number of rotatable bonds is 1. The van der Waals surface area contributed by atoms with Crippen LogP contribution >= 0.6 is 0 Å². The predicted molar refractivity (Wildman–Crippen MR) is 64.7 cm³/mol. The zero-order chi connectivity index (χ0) is 12.5.